The van der Waals surface area contributed by atoms with Crippen molar-refractivity contribution in [2.75, 3.05) is 13.1 Å². The van der Waals surface area contributed by atoms with E-state index in [9.17, 15) is 4.79 Å². The monoisotopic (exact) mass is 200 g/mol. The van der Waals surface area contributed by atoms with Gasteiger partial charge in [0.2, 0.25) is 5.91 Å². The molecule has 0 aliphatic carbocycles. The fourth-order valence-corrected chi connectivity index (χ4v) is 1.52. The largest absolute Gasteiger partial charge is 0.340 e. The molecule has 0 aromatic rings. The summed E-state index contributed by atoms with van der Waals surface area (Å²) in [6.07, 6.45) is 1.80. The van der Waals surface area contributed by atoms with Crippen molar-refractivity contribution in [2.45, 2.75) is 46.6 Å². The molecule has 1 unspecified atom stereocenters. The van der Waals surface area contributed by atoms with Crippen LogP contribution in [-0.4, -0.2) is 29.9 Å². The van der Waals surface area contributed by atoms with Crippen LogP contribution in [-0.2, 0) is 4.79 Å². The van der Waals surface area contributed by atoms with E-state index in [2.05, 4.69) is 20.8 Å². The van der Waals surface area contributed by atoms with Crippen molar-refractivity contribution in [3.63, 3.8) is 0 Å². The van der Waals surface area contributed by atoms with Crippen LogP contribution in [0.25, 0.3) is 0 Å². The van der Waals surface area contributed by atoms with Gasteiger partial charge in [0.05, 0.1) is 0 Å². The number of rotatable bonds is 6. The van der Waals surface area contributed by atoms with Crippen LogP contribution in [0.4, 0.5) is 0 Å². The summed E-state index contributed by atoms with van der Waals surface area (Å²) in [7, 11) is 0. The molecule has 84 valence electrons. The highest BCUT2D eigenvalue weighted by Gasteiger charge is 2.21. The van der Waals surface area contributed by atoms with E-state index in [0.29, 0.717) is 12.6 Å². The van der Waals surface area contributed by atoms with Gasteiger partial charge in [-0.2, -0.15) is 0 Å². The van der Waals surface area contributed by atoms with Gasteiger partial charge >= 0.3 is 0 Å². The van der Waals surface area contributed by atoms with Gasteiger partial charge in [0.15, 0.2) is 0 Å². The summed E-state index contributed by atoms with van der Waals surface area (Å²) in [5.41, 5.74) is 5.45. The summed E-state index contributed by atoms with van der Waals surface area (Å²) in [5, 5.41) is 0. The second-order valence-electron chi connectivity index (χ2n) is 4.10. The van der Waals surface area contributed by atoms with E-state index in [1.165, 1.54) is 0 Å². The molecule has 0 spiro atoms. The highest BCUT2D eigenvalue weighted by Crippen LogP contribution is 2.10. The van der Waals surface area contributed by atoms with Crippen molar-refractivity contribution in [2.24, 2.45) is 11.7 Å². The van der Waals surface area contributed by atoms with E-state index in [4.69, 9.17) is 5.73 Å². The lowest BCUT2D eigenvalue weighted by Crippen LogP contribution is -2.41. The van der Waals surface area contributed by atoms with Crippen LogP contribution in [0.2, 0.25) is 0 Å². The third-order valence-electron chi connectivity index (χ3n) is 2.39. The molecule has 0 aromatic carbocycles. The zero-order valence-electron chi connectivity index (χ0n) is 9.92. The predicted molar refractivity (Wildman–Crippen MR) is 60.0 cm³/mol. The minimum Gasteiger partial charge on any atom is -0.340 e. The number of hydrogen-bond acceptors (Lipinski definition) is 2. The fourth-order valence-electron chi connectivity index (χ4n) is 1.52. The molecule has 0 fully saturated rings. The van der Waals surface area contributed by atoms with E-state index < -0.39 is 0 Å². The summed E-state index contributed by atoms with van der Waals surface area (Å²) in [6.45, 7) is 9.61. The highest BCUT2D eigenvalue weighted by atomic mass is 16.2. The minimum atomic E-state index is 0.0638. The van der Waals surface area contributed by atoms with Crippen LogP contribution in [0.3, 0.4) is 0 Å². The van der Waals surface area contributed by atoms with Crippen LogP contribution in [0, 0.1) is 5.92 Å². The third-order valence-corrected chi connectivity index (χ3v) is 2.39. The quantitative estimate of drug-likeness (QED) is 0.708. The molecule has 0 saturated carbocycles. The molecule has 0 saturated heterocycles. The summed E-state index contributed by atoms with van der Waals surface area (Å²) >= 11 is 0. The van der Waals surface area contributed by atoms with Crippen molar-refractivity contribution in [1.29, 1.82) is 0 Å². The number of amides is 1. The van der Waals surface area contributed by atoms with E-state index >= 15 is 0 Å². The van der Waals surface area contributed by atoms with Crippen LogP contribution in [0.5, 0.6) is 0 Å². The molecular weight excluding hydrogens is 176 g/mol. The number of hydrogen-bond donors (Lipinski definition) is 1. The number of carbonyl (C=O) groups excluding carboxylic acids is 1. The van der Waals surface area contributed by atoms with Crippen molar-refractivity contribution >= 4 is 5.91 Å². The Bertz CT molecular complexity index is 169. The highest BCUT2D eigenvalue weighted by molar-refractivity contribution is 5.78. The van der Waals surface area contributed by atoms with E-state index in [0.717, 1.165) is 19.4 Å². The van der Waals surface area contributed by atoms with Crippen molar-refractivity contribution in [3.8, 4) is 0 Å². The predicted octanol–water partition coefficient (Wildman–Crippen LogP) is 1.62. The third kappa shape index (κ3) is 4.09. The lowest BCUT2D eigenvalue weighted by atomic mass is 10.1. The van der Waals surface area contributed by atoms with Crippen molar-refractivity contribution in [1.82, 2.24) is 4.90 Å². The normalized spacial score (nSPS) is 13.0. The standard InChI is InChI=1S/C11H24N2O/c1-5-8-13(9(2)3)11(14)10(4)6-7-12/h9-10H,5-8,12H2,1-4H3. The Kier molecular flexibility index (Phi) is 6.54. The average Bonchev–Trinajstić information content (AvgIpc) is 2.13. The van der Waals surface area contributed by atoms with Gasteiger partial charge in [-0.15, -0.1) is 0 Å². The topological polar surface area (TPSA) is 46.3 Å². The van der Waals surface area contributed by atoms with Gasteiger partial charge in [0.25, 0.3) is 0 Å². The molecular formula is C11H24N2O. The number of nitrogens with two attached hydrogens (primary N) is 1. The number of nitrogens with zero attached hydrogens (tertiary/aromatic N) is 1. The zero-order chi connectivity index (χ0) is 11.1. The maximum Gasteiger partial charge on any atom is 0.225 e. The summed E-state index contributed by atoms with van der Waals surface area (Å²) < 4.78 is 0. The SMILES string of the molecule is CCCN(C(=O)C(C)CCN)C(C)C. The molecule has 0 radical (unpaired) electrons. The molecule has 2 N–H and O–H groups in total. The van der Waals surface area contributed by atoms with Gasteiger partial charge in [-0.05, 0) is 33.2 Å². The molecule has 0 heterocycles. The summed E-state index contributed by atoms with van der Waals surface area (Å²) in [4.78, 5) is 13.9. The first-order valence-corrected chi connectivity index (χ1v) is 5.55. The van der Waals surface area contributed by atoms with Crippen LogP contribution < -0.4 is 5.73 Å². The second kappa shape index (κ2) is 6.82. The Morgan fingerprint density at radius 1 is 1.36 bits per heavy atom. The van der Waals surface area contributed by atoms with Crippen molar-refractivity contribution < 1.29 is 4.79 Å². The van der Waals surface area contributed by atoms with Crippen LogP contribution >= 0.6 is 0 Å². The molecule has 1 atom stereocenters. The molecule has 0 bridgehead atoms. The van der Waals surface area contributed by atoms with Crippen LogP contribution in [0.1, 0.15) is 40.5 Å². The molecule has 3 heteroatoms. The zero-order valence-corrected chi connectivity index (χ0v) is 9.92. The maximum atomic E-state index is 11.9. The van der Waals surface area contributed by atoms with Gasteiger partial charge in [-0.1, -0.05) is 13.8 Å². The lowest BCUT2D eigenvalue weighted by molar-refractivity contribution is -0.136. The van der Waals surface area contributed by atoms with Crippen LogP contribution in [0.15, 0.2) is 0 Å². The molecule has 14 heavy (non-hydrogen) atoms. The Morgan fingerprint density at radius 3 is 2.29 bits per heavy atom. The van der Waals surface area contributed by atoms with Crippen molar-refractivity contribution in [3.05, 3.63) is 0 Å². The van der Waals surface area contributed by atoms with Gasteiger partial charge in [-0.3, -0.25) is 4.79 Å². The molecule has 0 rings (SSSR count). The average molecular weight is 200 g/mol. The Hall–Kier alpha value is -0.570. The fraction of sp³-hybridized carbons (Fsp3) is 0.909. The van der Waals surface area contributed by atoms with Gasteiger partial charge < -0.3 is 10.6 Å². The number of carbonyl (C=O) groups is 1. The molecule has 0 aliphatic heterocycles. The summed E-state index contributed by atoms with van der Waals surface area (Å²) in [5.74, 6) is 0.307. The molecule has 1 amide bonds. The van der Waals surface area contributed by atoms with E-state index in [-0.39, 0.29) is 11.8 Å². The maximum absolute atomic E-state index is 11.9. The first kappa shape index (κ1) is 13.4. The second-order valence-corrected chi connectivity index (χ2v) is 4.10. The van der Waals surface area contributed by atoms with Gasteiger partial charge in [0.1, 0.15) is 0 Å². The molecule has 0 aliphatic rings. The molecule has 0 aromatic heterocycles. The van der Waals surface area contributed by atoms with Gasteiger partial charge in [-0.25, -0.2) is 0 Å². The van der Waals surface area contributed by atoms with E-state index in [1.807, 2.05) is 11.8 Å². The Morgan fingerprint density at radius 2 is 1.93 bits per heavy atom. The first-order chi connectivity index (χ1) is 6.54. The minimum absolute atomic E-state index is 0.0638. The summed E-state index contributed by atoms with van der Waals surface area (Å²) in [6, 6.07) is 0.294. The lowest BCUT2D eigenvalue weighted by Gasteiger charge is -2.29. The Labute approximate surface area is 87.6 Å². The van der Waals surface area contributed by atoms with E-state index in [1.54, 1.807) is 0 Å². The Balaban J connectivity index is 4.27. The molecule has 3 nitrogen and oxygen atoms in total. The van der Waals surface area contributed by atoms with Gasteiger partial charge in [0, 0.05) is 18.5 Å². The first-order valence-electron chi connectivity index (χ1n) is 5.55. The smallest absolute Gasteiger partial charge is 0.225 e.